The lowest BCUT2D eigenvalue weighted by atomic mass is 10.2. The fourth-order valence-electron chi connectivity index (χ4n) is 2.43. The van der Waals surface area contributed by atoms with Crippen LogP contribution in [0.25, 0.3) is 22.3 Å². The van der Waals surface area contributed by atoms with Crippen LogP contribution in [0.3, 0.4) is 0 Å². The highest BCUT2D eigenvalue weighted by atomic mass is 32.2. The van der Waals surface area contributed by atoms with Gasteiger partial charge in [-0.2, -0.15) is 13.2 Å². The van der Waals surface area contributed by atoms with Gasteiger partial charge in [-0.15, -0.1) is 0 Å². The summed E-state index contributed by atoms with van der Waals surface area (Å²) in [7, 11) is -3.48. The van der Waals surface area contributed by atoms with Crippen molar-refractivity contribution in [2.24, 2.45) is 0 Å². The summed E-state index contributed by atoms with van der Waals surface area (Å²) in [6.07, 6.45) is 1.47. The van der Waals surface area contributed by atoms with Crippen molar-refractivity contribution >= 4 is 32.5 Å². The molecule has 25 heavy (non-hydrogen) atoms. The van der Waals surface area contributed by atoms with E-state index in [1.165, 1.54) is 43.5 Å². The number of benzene rings is 1. The van der Waals surface area contributed by atoms with Gasteiger partial charge < -0.3 is 4.98 Å². The van der Waals surface area contributed by atoms with Gasteiger partial charge in [0.05, 0.1) is 16.3 Å². The van der Waals surface area contributed by atoms with E-state index in [4.69, 9.17) is 0 Å². The van der Waals surface area contributed by atoms with Gasteiger partial charge in [0, 0.05) is 22.0 Å². The smallest absolute Gasteiger partial charge is 0.353 e. The molecule has 0 spiro atoms. The molecule has 0 fully saturated rings. The number of nitrogens with zero attached hydrogens (tertiary/aromatic N) is 1. The van der Waals surface area contributed by atoms with Gasteiger partial charge in [-0.25, -0.2) is 8.42 Å². The molecular weight excluding hydrogens is 373 g/mol. The second kappa shape index (κ2) is 6.38. The standard InChI is InChI=1S/C16H13F3N2O2S2/c1-2-25(22,23)14-4-3-7-20-15(14)13-9-10-8-11(24-16(17,18)19)5-6-12(10)21-13/h3-9,21H,2H2,1H3. The first-order valence-electron chi connectivity index (χ1n) is 7.26. The second-order valence-electron chi connectivity index (χ2n) is 5.23. The zero-order valence-electron chi connectivity index (χ0n) is 13.0. The van der Waals surface area contributed by atoms with Crippen molar-refractivity contribution in [1.82, 2.24) is 9.97 Å². The number of H-pyrrole nitrogens is 1. The number of fused-ring (bicyclic) bond motifs is 1. The van der Waals surface area contributed by atoms with Crippen molar-refractivity contribution < 1.29 is 21.6 Å². The Balaban J connectivity index is 2.09. The van der Waals surface area contributed by atoms with E-state index in [1.807, 2.05) is 0 Å². The zero-order valence-corrected chi connectivity index (χ0v) is 14.6. The summed E-state index contributed by atoms with van der Waals surface area (Å²) in [6, 6.07) is 8.91. The van der Waals surface area contributed by atoms with Gasteiger partial charge in [0.25, 0.3) is 0 Å². The molecule has 3 rings (SSSR count). The van der Waals surface area contributed by atoms with Crippen LogP contribution in [-0.2, 0) is 9.84 Å². The van der Waals surface area contributed by atoms with E-state index in [-0.39, 0.29) is 33.0 Å². The number of halogens is 3. The fraction of sp³-hybridized carbons (Fsp3) is 0.188. The van der Waals surface area contributed by atoms with Gasteiger partial charge in [-0.05, 0) is 48.2 Å². The molecule has 0 bridgehead atoms. The van der Waals surface area contributed by atoms with Crippen LogP contribution in [0.5, 0.6) is 0 Å². The van der Waals surface area contributed by atoms with Crippen LogP contribution in [0.1, 0.15) is 6.92 Å². The summed E-state index contributed by atoms with van der Waals surface area (Å²) in [6.45, 7) is 1.54. The van der Waals surface area contributed by atoms with E-state index in [9.17, 15) is 21.6 Å². The summed E-state index contributed by atoms with van der Waals surface area (Å²) in [5.41, 5.74) is -3.06. The maximum absolute atomic E-state index is 12.5. The van der Waals surface area contributed by atoms with Crippen molar-refractivity contribution in [3.05, 3.63) is 42.6 Å². The number of aromatic amines is 1. The molecule has 0 unspecified atom stereocenters. The van der Waals surface area contributed by atoms with Crippen molar-refractivity contribution in [2.75, 3.05) is 5.75 Å². The molecule has 3 aromatic rings. The average Bonchev–Trinajstić information content (AvgIpc) is 2.96. The monoisotopic (exact) mass is 386 g/mol. The highest BCUT2D eigenvalue weighted by molar-refractivity contribution is 8.00. The third-order valence-electron chi connectivity index (χ3n) is 3.57. The Labute approximate surface area is 146 Å². The number of rotatable bonds is 4. The molecule has 2 heterocycles. The minimum atomic E-state index is -4.36. The number of nitrogens with one attached hydrogen (secondary N) is 1. The number of aromatic nitrogens is 2. The molecule has 4 nitrogen and oxygen atoms in total. The predicted molar refractivity (Wildman–Crippen MR) is 91.2 cm³/mol. The van der Waals surface area contributed by atoms with Gasteiger partial charge in [0.15, 0.2) is 9.84 Å². The number of alkyl halides is 3. The van der Waals surface area contributed by atoms with E-state index in [0.717, 1.165) is 0 Å². The molecule has 0 saturated carbocycles. The number of sulfone groups is 1. The highest BCUT2D eigenvalue weighted by Gasteiger charge is 2.29. The first kappa shape index (κ1) is 17.8. The summed E-state index contributed by atoms with van der Waals surface area (Å²) >= 11 is -0.194. The van der Waals surface area contributed by atoms with Crippen LogP contribution < -0.4 is 0 Å². The molecule has 1 N–H and O–H groups in total. The Bertz CT molecular complexity index is 1030. The fourth-order valence-corrected chi connectivity index (χ4v) is 4.08. The average molecular weight is 386 g/mol. The van der Waals surface area contributed by atoms with Crippen molar-refractivity contribution in [2.45, 2.75) is 22.2 Å². The van der Waals surface area contributed by atoms with Crippen LogP contribution in [0.15, 0.2) is 52.4 Å². The van der Waals surface area contributed by atoms with Crippen LogP contribution in [0.4, 0.5) is 13.2 Å². The minimum absolute atomic E-state index is 0.0629. The van der Waals surface area contributed by atoms with Gasteiger partial charge in [-0.3, -0.25) is 4.98 Å². The molecule has 0 aliphatic rings. The molecule has 0 aliphatic carbocycles. The zero-order chi connectivity index (χ0) is 18.2. The third-order valence-corrected chi connectivity index (χ3v) is 6.05. The van der Waals surface area contributed by atoms with Crippen LogP contribution in [0, 0.1) is 0 Å². The molecule has 0 aliphatic heterocycles. The quantitative estimate of drug-likeness (QED) is 0.664. The van der Waals surface area contributed by atoms with Crippen LogP contribution >= 0.6 is 11.8 Å². The molecule has 0 amide bonds. The number of thioether (sulfide) groups is 1. The molecule has 0 saturated heterocycles. The number of hydrogen-bond acceptors (Lipinski definition) is 4. The van der Waals surface area contributed by atoms with Crippen LogP contribution in [-0.4, -0.2) is 29.6 Å². The van der Waals surface area contributed by atoms with Gasteiger partial charge in [0.2, 0.25) is 0 Å². The first-order chi connectivity index (χ1) is 11.7. The molecular formula is C16H13F3N2O2S2. The molecule has 2 aromatic heterocycles. The number of hydrogen-bond donors (Lipinski definition) is 1. The molecule has 0 radical (unpaired) electrons. The maximum Gasteiger partial charge on any atom is 0.446 e. The van der Waals surface area contributed by atoms with E-state index in [0.29, 0.717) is 16.6 Å². The third kappa shape index (κ3) is 3.82. The highest BCUT2D eigenvalue weighted by Crippen LogP contribution is 2.38. The van der Waals surface area contributed by atoms with E-state index in [1.54, 1.807) is 6.07 Å². The molecule has 132 valence electrons. The number of pyridine rings is 1. The van der Waals surface area contributed by atoms with Gasteiger partial charge >= 0.3 is 5.51 Å². The first-order valence-corrected chi connectivity index (χ1v) is 9.73. The van der Waals surface area contributed by atoms with Crippen molar-refractivity contribution in [3.8, 4) is 11.4 Å². The van der Waals surface area contributed by atoms with Gasteiger partial charge in [0.1, 0.15) is 5.69 Å². The van der Waals surface area contributed by atoms with E-state index < -0.39 is 15.3 Å². The lowest BCUT2D eigenvalue weighted by Crippen LogP contribution is -2.06. The SMILES string of the molecule is CCS(=O)(=O)c1cccnc1-c1cc2cc(SC(F)(F)F)ccc2[nH]1. The largest absolute Gasteiger partial charge is 0.446 e. The normalized spacial score (nSPS) is 12.6. The molecule has 0 atom stereocenters. The van der Waals surface area contributed by atoms with E-state index in [2.05, 4.69) is 9.97 Å². The van der Waals surface area contributed by atoms with Crippen LogP contribution in [0.2, 0.25) is 0 Å². The summed E-state index contributed by atoms with van der Waals surface area (Å²) in [5.74, 6) is -0.0711. The summed E-state index contributed by atoms with van der Waals surface area (Å²) < 4.78 is 62.0. The van der Waals surface area contributed by atoms with Crippen molar-refractivity contribution in [3.63, 3.8) is 0 Å². The topological polar surface area (TPSA) is 62.8 Å². The molecule has 9 heteroatoms. The molecule has 1 aromatic carbocycles. The Morgan fingerprint density at radius 2 is 1.96 bits per heavy atom. The lowest BCUT2D eigenvalue weighted by molar-refractivity contribution is -0.0328. The summed E-state index contributed by atoms with van der Waals surface area (Å²) in [5, 5.41) is 0.551. The second-order valence-corrected chi connectivity index (χ2v) is 8.62. The Hall–Kier alpha value is -2.00. The Morgan fingerprint density at radius 3 is 2.64 bits per heavy atom. The Morgan fingerprint density at radius 1 is 1.20 bits per heavy atom. The maximum atomic E-state index is 12.5. The Kier molecular flexibility index (Phi) is 4.54. The van der Waals surface area contributed by atoms with Crippen molar-refractivity contribution in [1.29, 1.82) is 0 Å². The summed E-state index contributed by atoms with van der Waals surface area (Å²) in [4.78, 5) is 7.32. The predicted octanol–water partition coefficient (Wildman–Crippen LogP) is 4.64. The minimum Gasteiger partial charge on any atom is -0.353 e. The van der Waals surface area contributed by atoms with E-state index >= 15 is 0 Å². The lowest BCUT2D eigenvalue weighted by Gasteiger charge is -2.06. The van der Waals surface area contributed by atoms with Gasteiger partial charge in [-0.1, -0.05) is 6.92 Å².